The predicted octanol–water partition coefficient (Wildman–Crippen LogP) is 2.37. The number of urea groups is 1. The summed E-state index contributed by atoms with van der Waals surface area (Å²) in [5.74, 6) is -0.682. The Labute approximate surface area is 146 Å². The van der Waals surface area contributed by atoms with Crippen LogP contribution in [-0.4, -0.2) is 34.8 Å². The highest BCUT2D eigenvalue weighted by Gasteiger charge is 2.40. The number of carbonyl (C=O) groups excluding carboxylic acids is 3. The second-order valence-electron chi connectivity index (χ2n) is 6.24. The van der Waals surface area contributed by atoms with Gasteiger partial charge in [-0.25, -0.2) is 4.79 Å². The number of nitrogens with one attached hydrogen (secondary N) is 2. The molecule has 130 valence electrons. The van der Waals surface area contributed by atoms with Crippen LogP contribution in [0, 0.1) is 6.92 Å². The van der Waals surface area contributed by atoms with Crippen molar-refractivity contribution in [2.75, 3.05) is 0 Å². The van der Waals surface area contributed by atoms with E-state index in [1.54, 1.807) is 13.8 Å². The summed E-state index contributed by atoms with van der Waals surface area (Å²) in [4.78, 5) is 37.5. The van der Waals surface area contributed by atoms with Crippen molar-refractivity contribution in [3.8, 4) is 0 Å². The van der Waals surface area contributed by atoms with Crippen molar-refractivity contribution in [1.82, 2.24) is 15.5 Å². The minimum absolute atomic E-state index is 0.110. The van der Waals surface area contributed by atoms with Gasteiger partial charge in [0.1, 0.15) is 6.04 Å². The lowest BCUT2D eigenvalue weighted by molar-refractivity contribution is -0.132. The van der Waals surface area contributed by atoms with Crippen LogP contribution in [0.4, 0.5) is 4.79 Å². The molecule has 1 heterocycles. The summed E-state index contributed by atoms with van der Waals surface area (Å²) in [6.07, 6.45) is 0.521. The highest BCUT2D eigenvalue weighted by molar-refractivity contribution is 6.31. The summed E-state index contributed by atoms with van der Waals surface area (Å²) < 4.78 is 0. The fraction of sp³-hybridized carbons (Fsp3) is 0.471. The van der Waals surface area contributed by atoms with Crippen molar-refractivity contribution in [3.63, 3.8) is 0 Å². The number of hydrogen-bond donors (Lipinski definition) is 2. The molecule has 0 spiro atoms. The van der Waals surface area contributed by atoms with Crippen LogP contribution in [0.2, 0.25) is 5.02 Å². The van der Waals surface area contributed by atoms with Gasteiger partial charge in [0, 0.05) is 24.0 Å². The Morgan fingerprint density at radius 3 is 2.71 bits per heavy atom. The minimum atomic E-state index is -0.777. The Hall–Kier alpha value is -2.08. The van der Waals surface area contributed by atoms with E-state index < -0.39 is 12.1 Å². The van der Waals surface area contributed by atoms with Crippen molar-refractivity contribution in [2.45, 2.75) is 52.2 Å². The number of carbonyl (C=O) groups is 3. The number of likely N-dealkylation sites (tertiary alicyclic amines) is 1. The summed E-state index contributed by atoms with van der Waals surface area (Å²) in [6, 6.07) is 4.17. The Morgan fingerprint density at radius 2 is 2.08 bits per heavy atom. The minimum Gasteiger partial charge on any atom is -0.350 e. The van der Waals surface area contributed by atoms with Crippen LogP contribution in [0.1, 0.15) is 37.8 Å². The van der Waals surface area contributed by atoms with Crippen LogP contribution in [0.5, 0.6) is 0 Å². The number of aryl methyl sites for hydroxylation is 1. The largest absolute Gasteiger partial charge is 0.350 e. The summed E-state index contributed by atoms with van der Waals surface area (Å²) >= 11 is 6.15. The van der Waals surface area contributed by atoms with Gasteiger partial charge in [0.05, 0.1) is 0 Å². The molecule has 1 atom stereocenters. The van der Waals surface area contributed by atoms with Crippen LogP contribution in [0.25, 0.3) is 0 Å². The molecule has 2 N–H and O–H groups in total. The number of rotatable bonds is 4. The Bertz CT molecular complexity index is 660. The molecule has 2 rings (SSSR count). The number of halogens is 1. The molecule has 1 saturated heterocycles. The zero-order valence-electron chi connectivity index (χ0n) is 14.1. The molecule has 7 heteroatoms. The van der Waals surface area contributed by atoms with E-state index in [9.17, 15) is 14.4 Å². The quantitative estimate of drug-likeness (QED) is 0.874. The number of imide groups is 1. The van der Waals surface area contributed by atoms with E-state index >= 15 is 0 Å². The topological polar surface area (TPSA) is 78.5 Å². The second kappa shape index (κ2) is 7.66. The first-order valence-corrected chi connectivity index (χ1v) is 8.32. The molecule has 1 aliphatic heterocycles. The zero-order valence-corrected chi connectivity index (χ0v) is 14.8. The van der Waals surface area contributed by atoms with E-state index in [1.807, 2.05) is 25.1 Å². The Balaban J connectivity index is 2.02. The summed E-state index contributed by atoms with van der Waals surface area (Å²) in [7, 11) is 0. The van der Waals surface area contributed by atoms with E-state index in [0.29, 0.717) is 11.4 Å². The molecule has 0 radical (unpaired) electrons. The SMILES string of the molecule is Cc1ccc(CNC(=O)C2CCC(=O)N2C(=O)NC(C)C)c(Cl)c1. The van der Waals surface area contributed by atoms with Gasteiger partial charge in [0.2, 0.25) is 11.8 Å². The first kappa shape index (κ1) is 18.3. The van der Waals surface area contributed by atoms with Crippen LogP contribution >= 0.6 is 11.6 Å². The average molecular weight is 352 g/mol. The van der Waals surface area contributed by atoms with Gasteiger partial charge in [-0.2, -0.15) is 0 Å². The molecule has 1 aromatic carbocycles. The van der Waals surface area contributed by atoms with E-state index in [-0.39, 0.29) is 30.8 Å². The Kier molecular flexibility index (Phi) is 5.83. The van der Waals surface area contributed by atoms with Gasteiger partial charge in [-0.15, -0.1) is 0 Å². The smallest absolute Gasteiger partial charge is 0.325 e. The summed E-state index contributed by atoms with van der Waals surface area (Å²) in [5, 5.41) is 5.99. The fourth-order valence-electron chi connectivity index (χ4n) is 2.60. The predicted molar refractivity (Wildman–Crippen MR) is 91.6 cm³/mol. The highest BCUT2D eigenvalue weighted by Crippen LogP contribution is 2.21. The maximum atomic E-state index is 12.4. The third-order valence-corrected chi connectivity index (χ3v) is 4.16. The summed E-state index contributed by atoms with van der Waals surface area (Å²) in [5.41, 5.74) is 1.83. The first-order valence-electron chi connectivity index (χ1n) is 7.95. The average Bonchev–Trinajstić information content (AvgIpc) is 2.87. The highest BCUT2D eigenvalue weighted by atomic mass is 35.5. The van der Waals surface area contributed by atoms with Crippen LogP contribution < -0.4 is 10.6 Å². The van der Waals surface area contributed by atoms with E-state index in [2.05, 4.69) is 10.6 Å². The maximum Gasteiger partial charge on any atom is 0.325 e. The lowest BCUT2D eigenvalue weighted by atomic mass is 10.1. The number of hydrogen-bond acceptors (Lipinski definition) is 3. The Morgan fingerprint density at radius 1 is 1.38 bits per heavy atom. The van der Waals surface area contributed by atoms with Gasteiger partial charge >= 0.3 is 6.03 Å². The molecule has 24 heavy (non-hydrogen) atoms. The van der Waals surface area contributed by atoms with Gasteiger partial charge < -0.3 is 10.6 Å². The van der Waals surface area contributed by atoms with E-state index in [1.165, 1.54) is 0 Å². The van der Waals surface area contributed by atoms with Crippen LogP contribution in [0.15, 0.2) is 18.2 Å². The van der Waals surface area contributed by atoms with Crippen LogP contribution in [0.3, 0.4) is 0 Å². The standard InChI is InChI=1S/C17H22ClN3O3/c1-10(2)20-17(24)21-14(6-7-15(21)22)16(23)19-9-12-5-4-11(3)8-13(12)18/h4-5,8,10,14H,6-7,9H2,1-3H3,(H,19,23)(H,20,24). The number of nitrogens with zero attached hydrogens (tertiary/aromatic N) is 1. The molecule has 4 amide bonds. The van der Waals surface area contributed by atoms with Gasteiger partial charge in [0.15, 0.2) is 0 Å². The van der Waals surface area contributed by atoms with Crippen molar-refractivity contribution >= 4 is 29.4 Å². The van der Waals surface area contributed by atoms with Crippen LogP contribution in [-0.2, 0) is 16.1 Å². The van der Waals surface area contributed by atoms with Crippen molar-refractivity contribution in [1.29, 1.82) is 0 Å². The fourth-order valence-corrected chi connectivity index (χ4v) is 2.90. The van der Waals surface area contributed by atoms with Gasteiger partial charge in [-0.3, -0.25) is 14.5 Å². The molecule has 1 fully saturated rings. The molecule has 0 aromatic heterocycles. The van der Waals surface area contributed by atoms with Crippen molar-refractivity contribution < 1.29 is 14.4 Å². The number of benzene rings is 1. The van der Waals surface area contributed by atoms with Crippen molar-refractivity contribution in [3.05, 3.63) is 34.3 Å². The maximum absolute atomic E-state index is 12.4. The molecular weight excluding hydrogens is 330 g/mol. The molecule has 6 nitrogen and oxygen atoms in total. The van der Waals surface area contributed by atoms with Gasteiger partial charge in [-0.1, -0.05) is 23.7 Å². The second-order valence-corrected chi connectivity index (χ2v) is 6.64. The number of amides is 4. The monoisotopic (exact) mass is 351 g/mol. The first-order chi connectivity index (χ1) is 11.3. The summed E-state index contributed by atoms with van der Waals surface area (Å²) in [6.45, 7) is 5.78. The lowest BCUT2D eigenvalue weighted by Gasteiger charge is -2.23. The molecule has 0 aliphatic carbocycles. The molecular formula is C17H22ClN3O3. The van der Waals surface area contributed by atoms with E-state index in [4.69, 9.17) is 11.6 Å². The zero-order chi connectivity index (χ0) is 17.9. The van der Waals surface area contributed by atoms with E-state index in [0.717, 1.165) is 16.0 Å². The lowest BCUT2D eigenvalue weighted by Crippen LogP contribution is -2.52. The van der Waals surface area contributed by atoms with Gasteiger partial charge in [-0.05, 0) is 44.4 Å². The molecule has 1 aromatic rings. The molecule has 1 aliphatic rings. The molecule has 1 unspecified atom stereocenters. The third kappa shape index (κ3) is 4.26. The molecule has 0 saturated carbocycles. The van der Waals surface area contributed by atoms with Crippen molar-refractivity contribution in [2.24, 2.45) is 0 Å². The normalized spacial score (nSPS) is 17.3. The molecule has 0 bridgehead atoms. The van der Waals surface area contributed by atoms with Gasteiger partial charge in [0.25, 0.3) is 0 Å². The third-order valence-electron chi connectivity index (χ3n) is 3.81.